The van der Waals surface area contributed by atoms with E-state index < -0.39 is 0 Å². The molecule has 2 amide bonds. The molecule has 0 N–H and O–H groups in total. The van der Waals surface area contributed by atoms with Gasteiger partial charge in [-0.05, 0) is 68.0 Å². The van der Waals surface area contributed by atoms with Crippen LogP contribution in [0.25, 0.3) is 10.9 Å². The summed E-state index contributed by atoms with van der Waals surface area (Å²) in [7, 11) is 1.65. The summed E-state index contributed by atoms with van der Waals surface area (Å²) in [4.78, 5) is 46.3. The number of carbonyl (C=O) groups excluding carboxylic acids is 2. The van der Waals surface area contributed by atoms with E-state index in [0.29, 0.717) is 34.6 Å². The Balaban J connectivity index is 1.43. The molecule has 9 nitrogen and oxygen atoms in total. The number of nitrogens with zero attached hydrogens (tertiary/aromatic N) is 5. The average Bonchev–Trinajstić information content (AvgIpc) is 2.93. The van der Waals surface area contributed by atoms with Crippen LogP contribution in [0.1, 0.15) is 49.3 Å². The first-order chi connectivity index (χ1) is 18.7. The van der Waals surface area contributed by atoms with Crippen molar-refractivity contribution >= 4 is 34.3 Å². The summed E-state index contributed by atoms with van der Waals surface area (Å²) in [6.45, 7) is 5.34. The maximum atomic E-state index is 13.3. The molecular weight excluding hydrogens is 518 g/mol. The first kappa shape index (κ1) is 28.3. The Morgan fingerprint density at radius 3 is 2.62 bits per heavy atom. The van der Waals surface area contributed by atoms with Crippen LogP contribution >= 0.6 is 11.6 Å². The van der Waals surface area contributed by atoms with Gasteiger partial charge in [0.05, 0.1) is 33.9 Å². The number of rotatable bonds is 8. The van der Waals surface area contributed by atoms with Gasteiger partial charge in [0.25, 0.3) is 5.56 Å². The van der Waals surface area contributed by atoms with Crippen LogP contribution in [0, 0.1) is 11.3 Å². The number of likely N-dealkylation sites (tertiary alicyclic amines) is 1. The number of fused-ring (bicyclic) bond motifs is 1. The molecule has 3 aromatic rings. The number of amides is 2. The maximum absolute atomic E-state index is 13.3. The third kappa shape index (κ3) is 6.83. The van der Waals surface area contributed by atoms with E-state index in [2.05, 4.69) is 4.98 Å². The number of benzene rings is 2. The zero-order valence-corrected chi connectivity index (χ0v) is 23.1. The molecule has 0 radical (unpaired) electrons. The third-order valence-corrected chi connectivity index (χ3v) is 7.33. The summed E-state index contributed by atoms with van der Waals surface area (Å²) < 4.78 is 6.77. The molecule has 4 rings (SSSR count). The zero-order valence-electron chi connectivity index (χ0n) is 22.4. The van der Waals surface area contributed by atoms with Crippen LogP contribution in [-0.4, -0.2) is 64.0 Å². The summed E-state index contributed by atoms with van der Waals surface area (Å²) in [6.07, 6.45) is 3.02. The molecule has 1 aliphatic heterocycles. The average molecular weight is 550 g/mol. The molecule has 0 atom stereocenters. The van der Waals surface area contributed by atoms with E-state index in [1.807, 2.05) is 43.0 Å². The second-order valence-electron chi connectivity index (χ2n) is 10.1. The van der Waals surface area contributed by atoms with E-state index >= 15 is 0 Å². The zero-order chi connectivity index (χ0) is 28.1. The SMILES string of the molecule is CC(C)OCC(=O)N1CCC(c2ccc3ncn(CC(=O)N(C)Cc4ccc(C#N)c(Cl)c4)c(=O)c3c2)CC1. The van der Waals surface area contributed by atoms with E-state index in [-0.39, 0.29) is 49.1 Å². The summed E-state index contributed by atoms with van der Waals surface area (Å²) >= 11 is 6.11. The molecule has 0 aliphatic carbocycles. The van der Waals surface area contributed by atoms with Gasteiger partial charge in [0.15, 0.2) is 0 Å². The summed E-state index contributed by atoms with van der Waals surface area (Å²) in [5.74, 6) is -0.0254. The lowest BCUT2D eigenvalue weighted by atomic mass is 9.89. The number of piperidine rings is 1. The molecule has 1 aliphatic rings. The van der Waals surface area contributed by atoms with Crippen LogP contribution in [0.3, 0.4) is 0 Å². The van der Waals surface area contributed by atoms with E-state index in [1.165, 1.54) is 15.8 Å². The highest BCUT2D eigenvalue weighted by Crippen LogP contribution is 2.29. The van der Waals surface area contributed by atoms with Gasteiger partial charge in [0.2, 0.25) is 11.8 Å². The van der Waals surface area contributed by atoms with Gasteiger partial charge in [-0.25, -0.2) is 4.98 Å². The van der Waals surface area contributed by atoms with Gasteiger partial charge in [0.1, 0.15) is 19.2 Å². The first-order valence-corrected chi connectivity index (χ1v) is 13.3. The van der Waals surface area contributed by atoms with Gasteiger partial charge < -0.3 is 14.5 Å². The van der Waals surface area contributed by atoms with Gasteiger partial charge in [-0.3, -0.25) is 19.0 Å². The molecule has 0 spiro atoms. The quantitative estimate of drug-likeness (QED) is 0.424. The van der Waals surface area contributed by atoms with E-state index in [1.54, 1.807) is 25.2 Å². The molecule has 1 saturated heterocycles. The Kier molecular flexibility index (Phi) is 9.00. The topological polar surface area (TPSA) is 109 Å². The Hall–Kier alpha value is -3.74. The number of halogens is 1. The minimum atomic E-state index is -0.275. The lowest BCUT2D eigenvalue weighted by molar-refractivity contribution is -0.138. The van der Waals surface area contributed by atoms with Crippen molar-refractivity contribution in [2.45, 2.75) is 51.8 Å². The molecule has 0 bridgehead atoms. The second kappa shape index (κ2) is 12.4. The normalized spacial score (nSPS) is 14.0. The second-order valence-corrected chi connectivity index (χ2v) is 10.6. The van der Waals surface area contributed by atoms with Crippen LogP contribution in [0.5, 0.6) is 0 Å². The fraction of sp³-hybridized carbons (Fsp3) is 0.414. The third-order valence-electron chi connectivity index (χ3n) is 7.01. The van der Waals surface area contributed by atoms with Gasteiger partial charge in [0, 0.05) is 26.7 Å². The van der Waals surface area contributed by atoms with E-state index in [0.717, 1.165) is 24.0 Å². The molecule has 1 aromatic heterocycles. The first-order valence-electron chi connectivity index (χ1n) is 13.0. The largest absolute Gasteiger partial charge is 0.369 e. The van der Waals surface area contributed by atoms with Crippen molar-refractivity contribution in [1.29, 1.82) is 5.26 Å². The van der Waals surface area contributed by atoms with Crippen LogP contribution in [0.4, 0.5) is 0 Å². The van der Waals surface area contributed by atoms with Crippen molar-refractivity contribution in [3.63, 3.8) is 0 Å². The summed E-state index contributed by atoms with van der Waals surface area (Å²) in [5.41, 5.74) is 2.49. The predicted octanol–water partition coefficient (Wildman–Crippen LogP) is 3.71. The van der Waals surface area contributed by atoms with Crippen molar-refractivity contribution in [3.8, 4) is 6.07 Å². The number of ether oxygens (including phenoxy) is 1. The lowest BCUT2D eigenvalue weighted by Crippen LogP contribution is -2.40. The molecule has 2 aromatic carbocycles. The fourth-order valence-electron chi connectivity index (χ4n) is 4.71. The molecule has 1 fully saturated rings. The monoisotopic (exact) mass is 549 g/mol. The van der Waals surface area contributed by atoms with Gasteiger partial charge >= 0.3 is 0 Å². The van der Waals surface area contributed by atoms with Crippen molar-refractivity contribution in [2.75, 3.05) is 26.7 Å². The van der Waals surface area contributed by atoms with Crippen molar-refractivity contribution in [3.05, 3.63) is 74.8 Å². The Labute approximate surface area is 232 Å². The number of likely N-dealkylation sites (N-methyl/N-ethyl adjacent to an activating group) is 1. The number of carbonyl (C=O) groups is 2. The van der Waals surface area contributed by atoms with Gasteiger partial charge in [-0.2, -0.15) is 5.26 Å². The van der Waals surface area contributed by atoms with Gasteiger partial charge in [-0.15, -0.1) is 0 Å². The minimum Gasteiger partial charge on any atom is -0.369 e. The summed E-state index contributed by atoms with van der Waals surface area (Å²) in [6, 6.07) is 12.7. The number of hydrogen-bond donors (Lipinski definition) is 0. The van der Waals surface area contributed by atoms with Gasteiger partial charge in [-0.1, -0.05) is 23.7 Å². The van der Waals surface area contributed by atoms with Crippen LogP contribution < -0.4 is 5.56 Å². The molecule has 0 saturated carbocycles. The van der Waals surface area contributed by atoms with E-state index in [4.69, 9.17) is 21.6 Å². The number of aromatic nitrogens is 2. The summed E-state index contributed by atoms with van der Waals surface area (Å²) in [5, 5.41) is 9.84. The Morgan fingerprint density at radius 2 is 1.95 bits per heavy atom. The molecule has 10 heteroatoms. The molecule has 2 heterocycles. The van der Waals surface area contributed by atoms with E-state index in [9.17, 15) is 14.4 Å². The smallest absolute Gasteiger partial charge is 0.261 e. The van der Waals surface area contributed by atoms with Crippen molar-refractivity contribution in [1.82, 2.24) is 19.4 Å². The maximum Gasteiger partial charge on any atom is 0.261 e. The Bertz CT molecular complexity index is 1470. The van der Waals surface area contributed by atoms with Crippen LogP contribution in [0.2, 0.25) is 5.02 Å². The number of nitriles is 1. The highest BCUT2D eigenvalue weighted by Gasteiger charge is 2.24. The Morgan fingerprint density at radius 1 is 1.21 bits per heavy atom. The highest BCUT2D eigenvalue weighted by atomic mass is 35.5. The molecule has 0 unspecified atom stereocenters. The minimum absolute atomic E-state index is 0.00432. The standard InChI is InChI=1S/C29H32ClN5O4/c1-19(2)39-17-28(37)34-10-8-21(9-11-34)22-6-7-26-24(13-22)29(38)35(18-32-26)16-27(36)33(3)15-20-4-5-23(14-31)25(30)12-20/h4-7,12-13,18-19,21H,8-11,15-17H2,1-3H3. The molecule has 39 heavy (non-hydrogen) atoms. The van der Waals surface area contributed by atoms with Crippen LogP contribution in [0.15, 0.2) is 47.5 Å². The predicted molar refractivity (Wildman–Crippen MR) is 148 cm³/mol. The van der Waals surface area contributed by atoms with Crippen LogP contribution in [-0.2, 0) is 27.4 Å². The molecule has 204 valence electrons. The fourth-order valence-corrected chi connectivity index (χ4v) is 4.96. The number of hydrogen-bond acceptors (Lipinski definition) is 6. The highest BCUT2D eigenvalue weighted by molar-refractivity contribution is 6.31. The van der Waals surface area contributed by atoms with Crippen molar-refractivity contribution in [2.24, 2.45) is 0 Å². The van der Waals surface area contributed by atoms with Crippen molar-refractivity contribution < 1.29 is 14.3 Å². The molecular formula is C29H32ClN5O4. The lowest BCUT2D eigenvalue weighted by Gasteiger charge is -2.32.